The Morgan fingerprint density at radius 2 is 2.00 bits per heavy atom. The number of rotatable bonds is 3. The Morgan fingerprint density at radius 1 is 1.28 bits per heavy atom. The number of pyridine rings is 1. The largest absolute Gasteiger partial charge is 0.480 e. The first-order valence-electron chi connectivity index (χ1n) is 5.47. The molecule has 5 heteroatoms. The van der Waals surface area contributed by atoms with Gasteiger partial charge in [-0.3, -0.25) is 14.6 Å². The number of aliphatic carboxylic acids is 1. The molecule has 1 aromatic heterocycles. The number of hydrogen-bond acceptors (Lipinski definition) is 3. The molecule has 0 fully saturated rings. The minimum atomic E-state index is -1.07. The van der Waals surface area contributed by atoms with Crippen LogP contribution in [0.3, 0.4) is 0 Å². The number of carboxylic acid groups (broad SMARTS) is 1. The van der Waals surface area contributed by atoms with E-state index in [1.807, 2.05) is 6.07 Å². The molecule has 1 aromatic carbocycles. The van der Waals surface area contributed by atoms with Crippen molar-refractivity contribution in [2.75, 3.05) is 0 Å². The van der Waals surface area contributed by atoms with E-state index in [0.717, 1.165) is 0 Å². The Hall–Kier alpha value is -2.43. The zero-order chi connectivity index (χ0) is 13.1. The van der Waals surface area contributed by atoms with E-state index in [1.54, 1.807) is 24.3 Å². The normalized spacial score (nSPS) is 12.1. The number of carbonyl (C=O) groups excluding carboxylic acids is 1. The van der Waals surface area contributed by atoms with Gasteiger partial charge in [-0.15, -0.1) is 0 Å². The van der Waals surface area contributed by atoms with Gasteiger partial charge in [0.25, 0.3) is 5.91 Å². The van der Waals surface area contributed by atoms with Gasteiger partial charge in [0.2, 0.25) is 0 Å². The maximum atomic E-state index is 12.0. The number of hydrogen-bond donors (Lipinski definition) is 2. The van der Waals surface area contributed by atoms with Crippen molar-refractivity contribution in [2.24, 2.45) is 0 Å². The molecule has 0 aliphatic rings. The van der Waals surface area contributed by atoms with Crippen LogP contribution in [0.4, 0.5) is 0 Å². The van der Waals surface area contributed by atoms with Crippen molar-refractivity contribution in [1.82, 2.24) is 10.3 Å². The Bertz CT molecular complexity index is 605. The third kappa shape index (κ3) is 2.29. The fourth-order valence-electron chi connectivity index (χ4n) is 1.63. The SMILES string of the molecule is CC(NC(=O)c1ccnc2ccccc12)C(=O)O. The monoisotopic (exact) mass is 244 g/mol. The van der Waals surface area contributed by atoms with Crippen LogP contribution in [-0.4, -0.2) is 28.0 Å². The predicted molar refractivity (Wildman–Crippen MR) is 66.3 cm³/mol. The quantitative estimate of drug-likeness (QED) is 0.856. The minimum Gasteiger partial charge on any atom is -0.480 e. The summed E-state index contributed by atoms with van der Waals surface area (Å²) in [6.45, 7) is 1.42. The van der Waals surface area contributed by atoms with Crippen LogP contribution in [0.2, 0.25) is 0 Å². The average Bonchev–Trinajstić information content (AvgIpc) is 2.37. The summed E-state index contributed by atoms with van der Waals surface area (Å²) >= 11 is 0. The van der Waals surface area contributed by atoms with Gasteiger partial charge in [0, 0.05) is 11.6 Å². The second-order valence-corrected chi connectivity index (χ2v) is 3.91. The highest BCUT2D eigenvalue weighted by atomic mass is 16.4. The van der Waals surface area contributed by atoms with Gasteiger partial charge in [0.15, 0.2) is 0 Å². The number of nitrogens with zero attached hydrogens (tertiary/aromatic N) is 1. The average molecular weight is 244 g/mol. The van der Waals surface area contributed by atoms with Gasteiger partial charge in [-0.05, 0) is 19.1 Å². The zero-order valence-corrected chi connectivity index (χ0v) is 9.75. The minimum absolute atomic E-state index is 0.413. The molecule has 0 radical (unpaired) electrons. The number of amides is 1. The molecule has 18 heavy (non-hydrogen) atoms. The number of nitrogens with one attached hydrogen (secondary N) is 1. The van der Waals surface area contributed by atoms with E-state index in [1.165, 1.54) is 13.1 Å². The Morgan fingerprint density at radius 3 is 2.72 bits per heavy atom. The highest BCUT2D eigenvalue weighted by Crippen LogP contribution is 2.15. The van der Waals surface area contributed by atoms with Gasteiger partial charge in [-0.2, -0.15) is 0 Å². The van der Waals surface area contributed by atoms with Crippen LogP contribution >= 0.6 is 0 Å². The van der Waals surface area contributed by atoms with Crippen LogP contribution in [0.25, 0.3) is 10.9 Å². The van der Waals surface area contributed by atoms with Crippen LogP contribution < -0.4 is 5.32 Å². The third-order valence-electron chi connectivity index (χ3n) is 2.61. The highest BCUT2D eigenvalue weighted by Gasteiger charge is 2.16. The third-order valence-corrected chi connectivity index (χ3v) is 2.61. The first kappa shape index (κ1) is 12.0. The van der Waals surface area contributed by atoms with E-state index in [9.17, 15) is 9.59 Å². The van der Waals surface area contributed by atoms with E-state index < -0.39 is 17.9 Å². The van der Waals surface area contributed by atoms with E-state index in [4.69, 9.17) is 5.11 Å². The highest BCUT2D eigenvalue weighted by molar-refractivity contribution is 6.06. The van der Waals surface area contributed by atoms with Crippen LogP contribution in [0.1, 0.15) is 17.3 Å². The van der Waals surface area contributed by atoms with E-state index in [2.05, 4.69) is 10.3 Å². The predicted octanol–water partition coefficient (Wildman–Crippen LogP) is 1.44. The molecule has 0 aliphatic carbocycles. The fourth-order valence-corrected chi connectivity index (χ4v) is 1.63. The second kappa shape index (κ2) is 4.83. The van der Waals surface area contributed by atoms with Crippen molar-refractivity contribution in [2.45, 2.75) is 13.0 Å². The lowest BCUT2D eigenvalue weighted by Gasteiger charge is -2.10. The molecule has 1 atom stereocenters. The summed E-state index contributed by atoms with van der Waals surface area (Å²) in [6, 6.07) is 7.87. The number of benzene rings is 1. The number of fused-ring (bicyclic) bond motifs is 1. The van der Waals surface area contributed by atoms with E-state index in [-0.39, 0.29) is 0 Å². The van der Waals surface area contributed by atoms with Crippen molar-refractivity contribution in [3.63, 3.8) is 0 Å². The number of carbonyl (C=O) groups is 2. The topological polar surface area (TPSA) is 79.3 Å². The molecule has 1 heterocycles. The van der Waals surface area contributed by atoms with Gasteiger partial charge in [0.1, 0.15) is 6.04 Å². The Labute approximate surface area is 103 Å². The Balaban J connectivity index is 2.36. The van der Waals surface area contributed by atoms with Crippen LogP contribution in [0.15, 0.2) is 36.5 Å². The van der Waals surface area contributed by atoms with Crippen LogP contribution in [0, 0.1) is 0 Å². The van der Waals surface area contributed by atoms with Crippen molar-refractivity contribution in [3.8, 4) is 0 Å². The molecule has 0 aliphatic heterocycles. The van der Waals surface area contributed by atoms with Gasteiger partial charge in [0.05, 0.1) is 11.1 Å². The smallest absolute Gasteiger partial charge is 0.325 e. The van der Waals surface area contributed by atoms with Crippen LogP contribution in [0.5, 0.6) is 0 Å². The number of aromatic nitrogens is 1. The van der Waals surface area contributed by atoms with E-state index in [0.29, 0.717) is 16.5 Å². The summed E-state index contributed by atoms with van der Waals surface area (Å²) in [5, 5.41) is 11.9. The Kier molecular flexibility index (Phi) is 3.23. The molecule has 2 N–H and O–H groups in total. The van der Waals surface area contributed by atoms with Crippen molar-refractivity contribution in [3.05, 3.63) is 42.1 Å². The molecule has 0 spiro atoms. The number of carboxylic acids is 1. The van der Waals surface area contributed by atoms with Gasteiger partial charge in [-0.1, -0.05) is 18.2 Å². The summed E-state index contributed by atoms with van der Waals surface area (Å²) in [4.78, 5) is 26.8. The molecule has 0 saturated carbocycles. The van der Waals surface area contributed by atoms with Crippen molar-refractivity contribution >= 4 is 22.8 Å². The molecular weight excluding hydrogens is 232 g/mol. The van der Waals surface area contributed by atoms with Gasteiger partial charge < -0.3 is 10.4 Å². The molecule has 1 amide bonds. The van der Waals surface area contributed by atoms with Crippen LogP contribution in [-0.2, 0) is 4.79 Å². The summed E-state index contributed by atoms with van der Waals surface area (Å²) < 4.78 is 0. The lowest BCUT2D eigenvalue weighted by atomic mass is 10.1. The maximum Gasteiger partial charge on any atom is 0.325 e. The summed E-state index contributed by atoms with van der Waals surface area (Å²) in [7, 11) is 0. The molecule has 5 nitrogen and oxygen atoms in total. The molecule has 1 unspecified atom stereocenters. The van der Waals surface area contributed by atoms with Crippen molar-refractivity contribution < 1.29 is 14.7 Å². The molecule has 2 aromatic rings. The second-order valence-electron chi connectivity index (χ2n) is 3.91. The molecule has 92 valence electrons. The van der Waals surface area contributed by atoms with E-state index >= 15 is 0 Å². The summed E-state index contributed by atoms with van der Waals surface area (Å²) in [6.07, 6.45) is 1.53. The summed E-state index contributed by atoms with van der Waals surface area (Å²) in [5.41, 5.74) is 1.13. The molecule has 2 rings (SSSR count). The van der Waals surface area contributed by atoms with Gasteiger partial charge in [-0.25, -0.2) is 0 Å². The lowest BCUT2D eigenvalue weighted by Crippen LogP contribution is -2.38. The standard InChI is InChI=1S/C13H12N2O3/c1-8(13(17)18)15-12(16)10-6-7-14-11-5-3-2-4-9(10)11/h2-8H,1H3,(H,15,16)(H,17,18). The van der Waals surface area contributed by atoms with Gasteiger partial charge >= 0.3 is 5.97 Å². The maximum absolute atomic E-state index is 12.0. The van der Waals surface area contributed by atoms with Crippen molar-refractivity contribution in [1.29, 1.82) is 0 Å². The molecule has 0 saturated heterocycles. The fraction of sp³-hybridized carbons (Fsp3) is 0.154. The lowest BCUT2D eigenvalue weighted by molar-refractivity contribution is -0.138. The molecular formula is C13H12N2O3. The molecule has 0 bridgehead atoms. The first-order valence-corrected chi connectivity index (χ1v) is 5.47. The summed E-state index contributed by atoms with van der Waals surface area (Å²) in [5.74, 6) is -1.48. The zero-order valence-electron chi connectivity index (χ0n) is 9.75. The number of para-hydroxylation sites is 1. The first-order chi connectivity index (χ1) is 8.59.